The third-order valence-electron chi connectivity index (χ3n) is 9.97. The molecule has 0 saturated heterocycles. The summed E-state index contributed by atoms with van der Waals surface area (Å²) in [6, 6.07) is 6.16. The Morgan fingerprint density at radius 1 is 1.05 bits per heavy atom. The highest BCUT2D eigenvalue weighted by atomic mass is 35.5. The second-order valence-corrected chi connectivity index (χ2v) is 16.7. The molecule has 0 bridgehead atoms. The number of sulfonamides is 1. The van der Waals surface area contributed by atoms with E-state index in [0.717, 1.165) is 32.2 Å². The lowest BCUT2D eigenvalue weighted by molar-refractivity contribution is -0.143. The van der Waals surface area contributed by atoms with Crippen molar-refractivity contribution in [1.29, 1.82) is 0 Å². The molecule has 3 aromatic heterocycles. The van der Waals surface area contributed by atoms with E-state index >= 15 is 8.78 Å². The lowest BCUT2D eigenvalue weighted by Crippen LogP contribution is -2.35. The quantitative estimate of drug-likeness (QED) is 0.0976. The van der Waals surface area contributed by atoms with Crippen molar-refractivity contribution in [2.45, 2.75) is 69.8 Å². The van der Waals surface area contributed by atoms with Crippen LogP contribution >= 0.6 is 11.6 Å². The minimum Gasteiger partial charge on any atom is -0.372 e. The smallest absolute Gasteiger partial charge is 0.372 e. The van der Waals surface area contributed by atoms with Gasteiger partial charge in [-0.05, 0) is 61.1 Å². The van der Waals surface area contributed by atoms with Gasteiger partial charge in [0.15, 0.2) is 17.1 Å². The lowest BCUT2D eigenvalue weighted by Gasteiger charge is -2.23. The molecular formula is C38H33ClF9N7O4S. The summed E-state index contributed by atoms with van der Waals surface area (Å²) in [5.74, 6) is -5.95. The summed E-state index contributed by atoms with van der Waals surface area (Å²) in [7, 11) is -2.49. The van der Waals surface area contributed by atoms with E-state index in [1.807, 2.05) is 5.92 Å². The van der Waals surface area contributed by atoms with Crippen LogP contribution in [0.1, 0.15) is 66.6 Å². The van der Waals surface area contributed by atoms with Crippen LogP contribution in [0.3, 0.4) is 0 Å². The van der Waals surface area contributed by atoms with Gasteiger partial charge in [-0.15, -0.1) is 0 Å². The topological polar surface area (TPSA) is 144 Å². The number of anilines is 1. The summed E-state index contributed by atoms with van der Waals surface area (Å²) in [5.41, 5.74) is -6.55. The van der Waals surface area contributed by atoms with Gasteiger partial charge in [0.05, 0.1) is 33.9 Å². The molecule has 320 valence electrons. The molecule has 3 N–H and O–H groups in total. The first-order valence-corrected chi connectivity index (χ1v) is 19.9. The number of nitrogens with zero attached hydrogens (tertiary/aromatic N) is 5. The van der Waals surface area contributed by atoms with Crippen molar-refractivity contribution in [3.63, 3.8) is 0 Å². The summed E-state index contributed by atoms with van der Waals surface area (Å²) < 4.78 is 158. The molecule has 0 saturated carbocycles. The number of carbonyl (C=O) groups excluding carboxylic acids is 1. The number of halogens is 10. The fraction of sp³-hybridized carbons (Fsp3) is 0.368. The third-order valence-corrected chi connectivity index (χ3v) is 10.9. The molecule has 6 rings (SSSR count). The van der Waals surface area contributed by atoms with Crippen LogP contribution in [0.2, 0.25) is 5.02 Å². The highest BCUT2D eigenvalue weighted by molar-refractivity contribution is 7.92. The first-order valence-electron chi connectivity index (χ1n) is 17.7. The minimum absolute atomic E-state index is 0.0183. The van der Waals surface area contributed by atoms with E-state index in [1.54, 1.807) is 0 Å². The molecule has 1 aliphatic rings. The van der Waals surface area contributed by atoms with Crippen molar-refractivity contribution in [1.82, 2.24) is 29.9 Å². The predicted octanol–water partition coefficient (Wildman–Crippen LogP) is 7.47. The van der Waals surface area contributed by atoms with E-state index < -0.39 is 99.5 Å². The molecule has 0 aliphatic heterocycles. The number of rotatable bonds is 10. The molecule has 1 amide bonds. The van der Waals surface area contributed by atoms with Crippen LogP contribution in [-0.2, 0) is 46.9 Å². The van der Waals surface area contributed by atoms with Gasteiger partial charge in [-0.25, -0.2) is 31.0 Å². The van der Waals surface area contributed by atoms with Gasteiger partial charge in [0.2, 0.25) is 15.9 Å². The van der Waals surface area contributed by atoms with Gasteiger partial charge < -0.3 is 10.4 Å². The molecule has 1 aliphatic carbocycles. The summed E-state index contributed by atoms with van der Waals surface area (Å²) >= 11 is 6.52. The number of aryl methyl sites for hydroxylation is 1. The van der Waals surface area contributed by atoms with E-state index in [2.05, 4.69) is 31.1 Å². The Labute approximate surface area is 341 Å². The van der Waals surface area contributed by atoms with E-state index in [-0.39, 0.29) is 54.5 Å². The van der Waals surface area contributed by atoms with Gasteiger partial charge in [0, 0.05) is 35.7 Å². The van der Waals surface area contributed by atoms with E-state index in [0.29, 0.717) is 6.07 Å². The van der Waals surface area contributed by atoms with Crippen molar-refractivity contribution in [2.75, 3.05) is 11.0 Å². The number of aliphatic hydroxyl groups is 1. The maximum Gasteiger partial charge on any atom is 0.435 e. The van der Waals surface area contributed by atoms with E-state index in [9.17, 15) is 49.1 Å². The molecule has 0 fully saturated rings. The van der Waals surface area contributed by atoms with E-state index in [1.165, 1.54) is 42.9 Å². The minimum atomic E-state index is -5.17. The number of carbonyl (C=O) groups is 1. The number of amides is 1. The molecule has 11 nitrogen and oxygen atoms in total. The van der Waals surface area contributed by atoms with Crippen LogP contribution in [0.4, 0.5) is 45.3 Å². The summed E-state index contributed by atoms with van der Waals surface area (Å²) in [5, 5.41) is 20.4. The number of fused-ring (bicyclic) bond motifs is 2. The maximum absolute atomic E-state index is 15.6. The van der Waals surface area contributed by atoms with Crippen molar-refractivity contribution in [3.05, 3.63) is 93.0 Å². The highest BCUT2D eigenvalue weighted by Gasteiger charge is 2.57. The van der Waals surface area contributed by atoms with Gasteiger partial charge in [-0.1, -0.05) is 37.4 Å². The monoisotopic (exact) mass is 889 g/mol. The Bertz CT molecular complexity index is 2690. The zero-order chi connectivity index (χ0) is 44.4. The summed E-state index contributed by atoms with van der Waals surface area (Å²) in [4.78, 5) is 18.4. The largest absolute Gasteiger partial charge is 0.435 e. The second kappa shape index (κ2) is 15.6. The van der Waals surface area contributed by atoms with Crippen LogP contribution < -0.4 is 10.0 Å². The maximum atomic E-state index is 15.6. The second-order valence-electron chi connectivity index (χ2n) is 14.6. The average molecular weight is 890 g/mol. The Hall–Kier alpha value is -5.33. The number of nitrogens with one attached hydrogen (secondary N) is 2. The Balaban J connectivity index is 1.56. The molecule has 5 aromatic rings. The number of hydrogen-bond acceptors (Lipinski definition) is 7. The van der Waals surface area contributed by atoms with Gasteiger partial charge in [0.1, 0.15) is 29.6 Å². The van der Waals surface area contributed by atoms with Crippen LogP contribution in [0.25, 0.3) is 22.0 Å². The fourth-order valence-electron chi connectivity index (χ4n) is 7.04. The van der Waals surface area contributed by atoms with Gasteiger partial charge in [-0.2, -0.15) is 32.1 Å². The summed E-state index contributed by atoms with van der Waals surface area (Å²) in [6.07, 6.45) is -8.18. The Morgan fingerprint density at radius 3 is 2.28 bits per heavy atom. The number of benzene rings is 2. The molecule has 22 heteroatoms. The van der Waals surface area contributed by atoms with Crippen LogP contribution in [-0.4, -0.2) is 62.3 Å². The molecule has 60 heavy (non-hydrogen) atoms. The molecule has 3 heterocycles. The SMILES string of the molecule is C[C@@H]1c2c(C(F)(F)F)nn(CC(=O)N[C@@H](Cc3cc(F)cc(F)c3)c3nc(C#CC(C)(O)C(F)F)ccc3-c3ccc(Cl)c4c(NS(C)(=O)=O)nn(C)c34)c2C(F)(F)[C@@H]1C. The normalized spacial score (nSPS) is 17.9. The van der Waals surface area contributed by atoms with Gasteiger partial charge >= 0.3 is 6.18 Å². The van der Waals surface area contributed by atoms with Crippen LogP contribution in [0.5, 0.6) is 0 Å². The van der Waals surface area contributed by atoms with Gasteiger partial charge in [0.25, 0.3) is 12.3 Å². The standard InChI is InChI=1S/C38H33ClF9N7O4S/c1-17-18(2)37(44,45)33-28(17)32(38(46,47)48)51-55(33)16-27(56)50-26(14-19-12-20(40)15-21(41)13-19)30-23(7-6-22(49-30)10-11-36(3,57)35(42)43)24-8-9-25(39)29-31(24)54(4)52-34(29)53-60(5,58)59/h6-9,12-13,15,17-18,26,35,57H,14,16H2,1-5H3,(H,50,56)(H,52,53)/t17-,18+,26-,36?/m0/s1. The predicted molar refractivity (Wildman–Crippen MR) is 201 cm³/mol. The first-order chi connectivity index (χ1) is 27.7. The third kappa shape index (κ3) is 8.63. The average Bonchev–Trinajstić information content (AvgIpc) is 3.72. The highest BCUT2D eigenvalue weighted by Crippen LogP contribution is 2.55. The lowest BCUT2D eigenvalue weighted by atomic mass is 9.93. The molecule has 0 spiro atoms. The number of alkyl halides is 7. The fourth-order valence-corrected chi connectivity index (χ4v) is 7.78. The zero-order valence-corrected chi connectivity index (χ0v) is 33.4. The Kier molecular flexibility index (Phi) is 11.5. The molecule has 2 aromatic carbocycles. The van der Waals surface area contributed by atoms with Crippen LogP contribution in [0, 0.1) is 29.4 Å². The zero-order valence-electron chi connectivity index (χ0n) is 31.9. The van der Waals surface area contributed by atoms with Gasteiger partial charge in [-0.3, -0.25) is 18.9 Å². The number of hydrogen-bond donors (Lipinski definition) is 3. The van der Waals surface area contributed by atoms with Crippen LogP contribution in [0.15, 0.2) is 42.5 Å². The van der Waals surface area contributed by atoms with E-state index in [4.69, 9.17) is 11.6 Å². The molecule has 0 radical (unpaired) electrons. The first kappa shape index (κ1) is 44.2. The molecule has 1 unspecified atom stereocenters. The molecular weight excluding hydrogens is 857 g/mol. The molecule has 4 atom stereocenters. The number of pyridine rings is 1. The van der Waals surface area contributed by atoms with Crippen molar-refractivity contribution in [3.8, 4) is 23.0 Å². The number of aromatic nitrogens is 5. The Morgan fingerprint density at radius 2 is 1.68 bits per heavy atom. The summed E-state index contributed by atoms with van der Waals surface area (Å²) in [6.45, 7) is 1.77. The van der Waals surface area contributed by atoms with Crippen molar-refractivity contribution in [2.24, 2.45) is 13.0 Å². The van der Waals surface area contributed by atoms with Crippen molar-refractivity contribution >= 4 is 44.3 Å². The van der Waals surface area contributed by atoms with Crippen molar-refractivity contribution < 1.29 is 57.8 Å².